The van der Waals surface area contributed by atoms with E-state index in [4.69, 9.17) is 11.6 Å². The minimum Gasteiger partial charge on any atom is -0.360 e. The Morgan fingerprint density at radius 3 is 2.81 bits per heavy atom. The Balaban J connectivity index is 2.51. The maximum atomic E-state index is 6.11. The molecule has 16 heavy (non-hydrogen) atoms. The zero-order chi connectivity index (χ0) is 11.5. The molecule has 0 saturated heterocycles. The molecule has 2 aromatic rings. The Kier molecular flexibility index (Phi) is 3.25. The third kappa shape index (κ3) is 2.09. The lowest BCUT2D eigenvalue weighted by Gasteiger charge is -2.07. The van der Waals surface area contributed by atoms with Gasteiger partial charge in [-0.05, 0) is 25.5 Å². The summed E-state index contributed by atoms with van der Waals surface area (Å²) >= 11 is 6.11. The molecule has 0 bridgehead atoms. The minimum atomic E-state index is 0.544. The second kappa shape index (κ2) is 4.66. The zero-order valence-electron chi connectivity index (χ0n) is 9.42. The Morgan fingerprint density at radius 2 is 2.19 bits per heavy atom. The molecule has 2 heterocycles. The predicted octanol–water partition coefficient (Wildman–Crippen LogP) is 3.39. The molecule has 84 valence electrons. The van der Waals surface area contributed by atoms with Crippen molar-refractivity contribution >= 4 is 11.6 Å². The SMILES string of the molecule is CCCc1nc(Cl)c(C)c(-c2ccc[nH]2)n1. The lowest BCUT2D eigenvalue weighted by atomic mass is 10.2. The van der Waals surface area contributed by atoms with Gasteiger partial charge in [0.1, 0.15) is 11.0 Å². The molecule has 0 fully saturated rings. The van der Waals surface area contributed by atoms with Crippen LogP contribution in [0.3, 0.4) is 0 Å². The molecule has 2 aromatic heterocycles. The molecule has 0 unspecified atom stereocenters. The lowest BCUT2D eigenvalue weighted by molar-refractivity contribution is 0.832. The number of halogens is 1. The maximum Gasteiger partial charge on any atom is 0.136 e. The highest BCUT2D eigenvalue weighted by Crippen LogP contribution is 2.24. The summed E-state index contributed by atoms with van der Waals surface area (Å²) in [5, 5.41) is 0.544. The molecule has 0 radical (unpaired) electrons. The molecule has 0 spiro atoms. The van der Waals surface area contributed by atoms with Crippen molar-refractivity contribution < 1.29 is 0 Å². The fraction of sp³-hybridized carbons (Fsp3) is 0.333. The first-order valence-electron chi connectivity index (χ1n) is 5.39. The number of aromatic amines is 1. The van der Waals surface area contributed by atoms with Crippen LogP contribution in [0.4, 0.5) is 0 Å². The topological polar surface area (TPSA) is 41.6 Å². The average molecular weight is 236 g/mol. The van der Waals surface area contributed by atoms with Gasteiger partial charge in [-0.3, -0.25) is 0 Å². The van der Waals surface area contributed by atoms with E-state index in [1.165, 1.54) is 0 Å². The van der Waals surface area contributed by atoms with Crippen LogP contribution in [0.1, 0.15) is 24.7 Å². The van der Waals surface area contributed by atoms with Gasteiger partial charge < -0.3 is 4.98 Å². The largest absolute Gasteiger partial charge is 0.360 e. The second-order valence-corrected chi connectivity index (χ2v) is 4.10. The van der Waals surface area contributed by atoms with Crippen molar-refractivity contribution in [3.63, 3.8) is 0 Å². The highest BCUT2D eigenvalue weighted by Gasteiger charge is 2.11. The first kappa shape index (κ1) is 11.1. The summed E-state index contributed by atoms with van der Waals surface area (Å²) in [4.78, 5) is 12.0. The summed E-state index contributed by atoms with van der Waals surface area (Å²) in [7, 11) is 0. The van der Waals surface area contributed by atoms with E-state index >= 15 is 0 Å². The van der Waals surface area contributed by atoms with Crippen molar-refractivity contribution in [3.8, 4) is 11.4 Å². The van der Waals surface area contributed by atoms with E-state index in [9.17, 15) is 0 Å². The van der Waals surface area contributed by atoms with Crippen LogP contribution >= 0.6 is 11.6 Å². The molecule has 4 heteroatoms. The molecule has 0 atom stereocenters. The van der Waals surface area contributed by atoms with Crippen LogP contribution in [0.2, 0.25) is 5.15 Å². The van der Waals surface area contributed by atoms with Gasteiger partial charge in [0.25, 0.3) is 0 Å². The third-order valence-corrected chi connectivity index (χ3v) is 2.83. The number of nitrogens with zero attached hydrogens (tertiary/aromatic N) is 2. The quantitative estimate of drug-likeness (QED) is 0.829. The normalized spacial score (nSPS) is 10.7. The summed E-state index contributed by atoms with van der Waals surface area (Å²) in [6, 6.07) is 3.94. The first-order valence-corrected chi connectivity index (χ1v) is 5.77. The van der Waals surface area contributed by atoms with Gasteiger partial charge in [0, 0.05) is 18.2 Å². The summed E-state index contributed by atoms with van der Waals surface area (Å²) in [6.45, 7) is 4.04. The van der Waals surface area contributed by atoms with Gasteiger partial charge in [-0.2, -0.15) is 0 Å². The van der Waals surface area contributed by atoms with Crippen molar-refractivity contribution in [1.29, 1.82) is 0 Å². The molecular weight excluding hydrogens is 222 g/mol. The molecule has 0 aliphatic heterocycles. The molecule has 3 nitrogen and oxygen atoms in total. The Morgan fingerprint density at radius 1 is 1.38 bits per heavy atom. The standard InChI is InChI=1S/C12H14ClN3/c1-3-5-10-15-11(8(2)12(13)16-10)9-6-4-7-14-9/h4,6-7,14H,3,5H2,1-2H3. The highest BCUT2D eigenvalue weighted by molar-refractivity contribution is 6.30. The Hall–Kier alpha value is -1.35. The van der Waals surface area contributed by atoms with E-state index in [1.807, 2.05) is 25.3 Å². The Bertz CT molecular complexity index is 477. The van der Waals surface area contributed by atoms with Crippen LogP contribution in [-0.4, -0.2) is 15.0 Å². The first-order chi connectivity index (χ1) is 7.72. The van der Waals surface area contributed by atoms with E-state index in [1.54, 1.807) is 0 Å². The fourth-order valence-corrected chi connectivity index (χ4v) is 1.80. The fourth-order valence-electron chi connectivity index (χ4n) is 1.61. The average Bonchev–Trinajstić information content (AvgIpc) is 2.76. The van der Waals surface area contributed by atoms with Gasteiger partial charge in [0.2, 0.25) is 0 Å². The van der Waals surface area contributed by atoms with E-state index in [-0.39, 0.29) is 0 Å². The van der Waals surface area contributed by atoms with Crippen molar-refractivity contribution in [3.05, 3.63) is 34.9 Å². The van der Waals surface area contributed by atoms with Crippen molar-refractivity contribution in [2.45, 2.75) is 26.7 Å². The van der Waals surface area contributed by atoms with Gasteiger partial charge >= 0.3 is 0 Å². The molecule has 0 aromatic carbocycles. The van der Waals surface area contributed by atoms with Crippen LogP contribution in [0.15, 0.2) is 18.3 Å². The van der Waals surface area contributed by atoms with Gasteiger partial charge in [0.15, 0.2) is 0 Å². The molecule has 2 rings (SSSR count). The van der Waals surface area contributed by atoms with Crippen LogP contribution in [0, 0.1) is 6.92 Å². The van der Waals surface area contributed by atoms with Crippen LogP contribution in [-0.2, 0) is 6.42 Å². The lowest BCUT2D eigenvalue weighted by Crippen LogP contribution is -2.00. The molecular formula is C12H14ClN3. The number of hydrogen-bond acceptors (Lipinski definition) is 2. The minimum absolute atomic E-state index is 0.544. The zero-order valence-corrected chi connectivity index (χ0v) is 10.2. The molecule has 0 aliphatic rings. The van der Waals surface area contributed by atoms with Crippen molar-refractivity contribution in [2.24, 2.45) is 0 Å². The maximum absolute atomic E-state index is 6.11. The van der Waals surface area contributed by atoms with Crippen molar-refractivity contribution in [1.82, 2.24) is 15.0 Å². The monoisotopic (exact) mass is 235 g/mol. The number of H-pyrrole nitrogens is 1. The van der Waals surface area contributed by atoms with Gasteiger partial charge in [-0.1, -0.05) is 18.5 Å². The smallest absolute Gasteiger partial charge is 0.136 e. The van der Waals surface area contributed by atoms with Crippen LogP contribution < -0.4 is 0 Å². The number of aryl methyl sites for hydroxylation is 1. The molecule has 0 aliphatic carbocycles. The van der Waals surface area contributed by atoms with Crippen LogP contribution in [0.25, 0.3) is 11.4 Å². The summed E-state index contributed by atoms with van der Waals surface area (Å²) < 4.78 is 0. The van der Waals surface area contributed by atoms with Crippen molar-refractivity contribution in [2.75, 3.05) is 0 Å². The number of nitrogens with one attached hydrogen (secondary N) is 1. The Labute approximate surface area is 99.9 Å². The number of hydrogen-bond donors (Lipinski definition) is 1. The number of rotatable bonds is 3. The van der Waals surface area contributed by atoms with E-state index < -0.39 is 0 Å². The highest BCUT2D eigenvalue weighted by atomic mass is 35.5. The predicted molar refractivity (Wildman–Crippen MR) is 65.6 cm³/mol. The van der Waals surface area contributed by atoms with E-state index in [0.717, 1.165) is 35.6 Å². The summed E-state index contributed by atoms with van der Waals surface area (Å²) in [5.41, 5.74) is 2.80. The summed E-state index contributed by atoms with van der Waals surface area (Å²) in [5.74, 6) is 0.808. The second-order valence-electron chi connectivity index (χ2n) is 3.74. The van der Waals surface area contributed by atoms with E-state index in [2.05, 4.69) is 21.9 Å². The van der Waals surface area contributed by atoms with Crippen LogP contribution in [0.5, 0.6) is 0 Å². The number of aromatic nitrogens is 3. The van der Waals surface area contributed by atoms with Gasteiger partial charge in [0.05, 0.1) is 11.4 Å². The summed E-state index contributed by atoms with van der Waals surface area (Å²) in [6.07, 6.45) is 3.75. The van der Waals surface area contributed by atoms with Gasteiger partial charge in [-0.25, -0.2) is 9.97 Å². The molecule has 1 N–H and O–H groups in total. The molecule has 0 saturated carbocycles. The van der Waals surface area contributed by atoms with Gasteiger partial charge in [-0.15, -0.1) is 0 Å². The third-order valence-electron chi connectivity index (χ3n) is 2.46. The van der Waals surface area contributed by atoms with E-state index in [0.29, 0.717) is 5.15 Å². The molecule has 0 amide bonds.